The number of nitrogens with zero attached hydrogens (tertiary/aromatic N) is 2. The quantitative estimate of drug-likeness (QED) is 0.834. The molecule has 1 aliphatic heterocycles. The molecule has 1 aromatic heterocycles. The van der Waals surface area contributed by atoms with E-state index in [0.717, 1.165) is 29.8 Å². The van der Waals surface area contributed by atoms with Crippen LogP contribution in [0.5, 0.6) is 5.75 Å². The fourth-order valence-electron chi connectivity index (χ4n) is 2.95. The smallest absolute Gasteiger partial charge is 0.449 e. The molecule has 0 radical (unpaired) electrons. The molecule has 0 atom stereocenters. The maximum Gasteiger partial charge on any atom is 0.511 e. The molecule has 9 heteroatoms. The van der Waals surface area contributed by atoms with Gasteiger partial charge in [0, 0.05) is 20.1 Å². The van der Waals surface area contributed by atoms with Gasteiger partial charge in [-0.15, -0.1) is 0 Å². The van der Waals surface area contributed by atoms with E-state index in [1.807, 2.05) is 0 Å². The summed E-state index contributed by atoms with van der Waals surface area (Å²) in [6, 6.07) is 0.914. The molecule has 3 rings (SSSR count). The van der Waals surface area contributed by atoms with Crippen molar-refractivity contribution in [1.29, 1.82) is 0 Å². The molecule has 0 bridgehead atoms. The molecule has 0 saturated carbocycles. The number of nitrogens with one attached hydrogen (secondary N) is 1. The van der Waals surface area contributed by atoms with E-state index in [9.17, 15) is 18.4 Å². The molecule has 0 spiro atoms. The SMILES string of the molecule is CNn1cc(OC(=O)O)c(=O)c2cc(F)c(N3CCCC3)c(F)c21. The maximum atomic E-state index is 15.0. The van der Waals surface area contributed by atoms with Gasteiger partial charge < -0.3 is 20.2 Å². The summed E-state index contributed by atoms with van der Waals surface area (Å²) in [5, 5.41) is 8.37. The van der Waals surface area contributed by atoms with Crippen LogP contribution < -0.4 is 20.5 Å². The zero-order valence-electron chi connectivity index (χ0n) is 12.8. The number of anilines is 1. The van der Waals surface area contributed by atoms with E-state index >= 15 is 0 Å². The van der Waals surface area contributed by atoms with Crippen LogP contribution in [0.4, 0.5) is 19.3 Å². The first-order chi connectivity index (χ1) is 11.4. The van der Waals surface area contributed by atoms with Crippen LogP contribution in [0.25, 0.3) is 10.9 Å². The molecule has 128 valence electrons. The summed E-state index contributed by atoms with van der Waals surface area (Å²) in [5.74, 6) is -2.29. The zero-order valence-corrected chi connectivity index (χ0v) is 12.8. The second-order valence-corrected chi connectivity index (χ2v) is 5.40. The molecule has 0 unspecified atom stereocenters. The van der Waals surface area contributed by atoms with Crippen molar-refractivity contribution in [3.63, 3.8) is 0 Å². The molecule has 1 aliphatic rings. The number of carboxylic acid groups (broad SMARTS) is 1. The third kappa shape index (κ3) is 2.51. The minimum atomic E-state index is -1.69. The Labute approximate surface area is 135 Å². The lowest BCUT2D eigenvalue weighted by Crippen LogP contribution is -2.24. The summed E-state index contributed by atoms with van der Waals surface area (Å²) in [6.45, 7) is 1.06. The van der Waals surface area contributed by atoms with Crippen LogP contribution in [-0.2, 0) is 0 Å². The van der Waals surface area contributed by atoms with Crippen molar-refractivity contribution in [1.82, 2.24) is 4.68 Å². The Morgan fingerprint density at radius 1 is 1.33 bits per heavy atom. The number of ether oxygens (including phenoxy) is 1. The van der Waals surface area contributed by atoms with E-state index in [1.165, 1.54) is 7.05 Å². The second kappa shape index (κ2) is 5.99. The molecule has 1 saturated heterocycles. The monoisotopic (exact) mass is 339 g/mol. The lowest BCUT2D eigenvalue weighted by atomic mass is 10.1. The molecule has 1 aromatic carbocycles. The highest BCUT2D eigenvalue weighted by Gasteiger charge is 2.26. The van der Waals surface area contributed by atoms with Gasteiger partial charge in [-0.2, -0.15) is 0 Å². The van der Waals surface area contributed by atoms with Crippen molar-refractivity contribution in [2.75, 3.05) is 30.5 Å². The first-order valence-electron chi connectivity index (χ1n) is 7.35. The lowest BCUT2D eigenvalue weighted by molar-refractivity contribution is 0.144. The molecule has 2 heterocycles. The molecule has 2 N–H and O–H groups in total. The summed E-state index contributed by atoms with van der Waals surface area (Å²) < 4.78 is 34.9. The molecule has 0 amide bonds. The van der Waals surface area contributed by atoms with Crippen molar-refractivity contribution in [3.8, 4) is 5.75 Å². The van der Waals surface area contributed by atoms with Gasteiger partial charge in [-0.1, -0.05) is 0 Å². The van der Waals surface area contributed by atoms with Crippen LogP contribution in [0.1, 0.15) is 12.8 Å². The van der Waals surface area contributed by atoms with Crippen molar-refractivity contribution in [2.45, 2.75) is 12.8 Å². The number of rotatable bonds is 3. The number of carbonyl (C=O) groups is 1. The summed E-state index contributed by atoms with van der Waals surface area (Å²) in [5.41, 5.74) is 1.37. The highest BCUT2D eigenvalue weighted by molar-refractivity contribution is 5.86. The predicted molar refractivity (Wildman–Crippen MR) is 83.5 cm³/mol. The number of hydrogen-bond acceptors (Lipinski definition) is 5. The molecule has 24 heavy (non-hydrogen) atoms. The van der Waals surface area contributed by atoms with Crippen LogP contribution in [0.3, 0.4) is 0 Å². The third-order valence-corrected chi connectivity index (χ3v) is 3.98. The number of pyridine rings is 1. The molecule has 1 fully saturated rings. The van der Waals surface area contributed by atoms with E-state index in [1.54, 1.807) is 4.90 Å². The highest BCUT2D eigenvalue weighted by Crippen LogP contribution is 2.32. The van der Waals surface area contributed by atoms with E-state index in [4.69, 9.17) is 5.11 Å². The number of aromatic nitrogens is 1. The number of halogens is 2. The average molecular weight is 339 g/mol. The highest BCUT2D eigenvalue weighted by atomic mass is 19.1. The Bertz CT molecular complexity index is 875. The molecule has 2 aromatic rings. The van der Waals surface area contributed by atoms with E-state index in [-0.39, 0.29) is 16.6 Å². The van der Waals surface area contributed by atoms with E-state index < -0.39 is 29.0 Å². The Balaban J connectivity index is 2.31. The number of fused-ring (bicyclic) bond motifs is 1. The molecular weight excluding hydrogens is 324 g/mol. The van der Waals surface area contributed by atoms with Crippen molar-refractivity contribution in [2.24, 2.45) is 0 Å². The van der Waals surface area contributed by atoms with Gasteiger partial charge in [-0.25, -0.2) is 13.6 Å². The zero-order chi connectivity index (χ0) is 17.4. The van der Waals surface area contributed by atoms with E-state index in [2.05, 4.69) is 10.2 Å². The standard InChI is InChI=1S/C15H15F2N3O4/c1-18-20-7-10(24-15(22)23)14(21)8-6-9(16)13(11(17)12(8)20)19-4-2-3-5-19/h6-7,18H,2-5H2,1H3,(H,22,23). The fourth-order valence-corrected chi connectivity index (χ4v) is 2.95. The Morgan fingerprint density at radius 3 is 2.58 bits per heavy atom. The maximum absolute atomic E-state index is 15.0. The van der Waals surface area contributed by atoms with E-state index in [0.29, 0.717) is 13.1 Å². The predicted octanol–water partition coefficient (Wildman–Crippen LogP) is 2.11. The lowest BCUT2D eigenvalue weighted by Gasteiger charge is -2.21. The molecule has 7 nitrogen and oxygen atoms in total. The summed E-state index contributed by atoms with van der Waals surface area (Å²) in [7, 11) is 1.45. The van der Waals surface area contributed by atoms with Gasteiger partial charge in [-0.05, 0) is 18.9 Å². The van der Waals surface area contributed by atoms with Crippen molar-refractivity contribution in [3.05, 3.63) is 34.1 Å². The first kappa shape index (κ1) is 16.0. The Hall–Kier alpha value is -2.84. The van der Waals surface area contributed by atoms with Crippen molar-refractivity contribution >= 4 is 22.7 Å². The van der Waals surface area contributed by atoms with Crippen LogP contribution in [0, 0.1) is 11.6 Å². The average Bonchev–Trinajstić information content (AvgIpc) is 3.04. The topological polar surface area (TPSA) is 83.8 Å². The van der Waals surface area contributed by atoms with Gasteiger partial charge in [0.25, 0.3) is 0 Å². The molecule has 0 aliphatic carbocycles. The normalized spacial score (nSPS) is 14.2. The summed E-state index contributed by atoms with van der Waals surface area (Å²) >= 11 is 0. The Morgan fingerprint density at radius 2 is 2.00 bits per heavy atom. The van der Waals surface area contributed by atoms with Crippen LogP contribution in [0.2, 0.25) is 0 Å². The fraction of sp³-hybridized carbons (Fsp3) is 0.333. The summed E-state index contributed by atoms with van der Waals surface area (Å²) in [4.78, 5) is 24.6. The Kier molecular flexibility index (Phi) is 4.00. The van der Waals surface area contributed by atoms with Gasteiger partial charge in [-0.3, -0.25) is 9.47 Å². The van der Waals surface area contributed by atoms with Gasteiger partial charge >= 0.3 is 6.16 Å². The van der Waals surface area contributed by atoms with Gasteiger partial charge in [0.05, 0.1) is 11.6 Å². The third-order valence-electron chi connectivity index (χ3n) is 3.98. The summed E-state index contributed by atoms with van der Waals surface area (Å²) in [6.07, 6.45) is 0.999. The van der Waals surface area contributed by atoms with Crippen LogP contribution >= 0.6 is 0 Å². The second-order valence-electron chi connectivity index (χ2n) is 5.40. The van der Waals surface area contributed by atoms with Gasteiger partial charge in [0.15, 0.2) is 5.82 Å². The molecular formula is C15H15F2N3O4. The van der Waals surface area contributed by atoms with Crippen LogP contribution in [0.15, 0.2) is 17.1 Å². The van der Waals surface area contributed by atoms with Gasteiger partial charge in [0.1, 0.15) is 17.0 Å². The number of hydrogen-bond donors (Lipinski definition) is 2. The van der Waals surface area contributed by atoms with Crippen molar-refractivity contribution < 1.29 is 23.4 Å². The van der Waals surface area contributed by atoms with Gasteiger partial charge in [0.2, 0.25) is 11.2 Å². The number of benzene rings is 1. The first-order valence-corrected chi connectivity index (χ1v) is 7.35. The minimum Gasteiger partial charge on any atom is -0.449 e. The van der Waals surface area contributed by atoms with Crippen LogP contribution in [-0.4, -0.2) is 36.1 Å². The minimum absolute atomic E-state index is 0.163. The largest absolute Gasteiger partial charge is 0.511 e.